The Morgan fingerprint density at radius 3 is 2.61 bits per heavy atom. The van der Waals surface area contributed by atoms with E-state index in [0.29, 0.717) is 19.5 Å². The van der Waals surface area contributed by atoms with Gasteiger partial charge in [0.15, 0.2) is 0 Å². The molecule has 2 saturated heterocycles. The fourth-order valence-corrected chi connectivity index (χ4v) is 2.64. The lowest BCUT2D eigenvalue weighted by atomic mass is 10.0. The topological polar surface area (TPSA) is 78.7 Å². The van der Waals surface area contributed by atoms with Crippen LogP contribution in [0.15, 0.2) is 0 Å². The second-order valence-electron chi connectivity index (χ2n) is 5.00. The van der Waals surface area contributed by atoms with Gasteiger partial charge in [0.25, 0.3) is 0 Å². The van der Waals surface area contributed by atoms with E-state index in [4.69, 9.17) is 5.73 Å². The van der Waals surface area contributed by atoms with E-state index < -0.39 is 0 Å². The lowest BCUT2D eigenvalue weighted by molar-refractivity contribution is -0.134. The maximum atomic E-state index is 11.9. The van der Waals surface area contributed by atoms with Gasteiger partial charge in [-0.15, -0.1) is 0 Å². The number of piperidine rings is 1. The molecule has 0 saturated carbocycles. The highest BCUT2D eigenvalue weighted by atomic mass is 16.2. The second kappa shape index (κ2) is 5.56. The molecule has 3 N–H and O–H groups in total. The molecule has 2 aliphatic heterocycles. The number of nitrogens with one attached hydrogen (secondary N) is 1. The largest absolute Gasteiger partial charge is 0.341 e. The lowest BCUT2D eigenvalue weighted by Gasteiger charge is -2.37. The fraction of sp³-hybridized carbons (Fsp3) is 0.833. The number of carbonyl (C=O) groups excluding carboxylic acids is 2. The summed E-state index contributed by atoms with van der Waals surface area (Å²) in [7, 11) is 0. The Morgan fingerprint density at radius 2 is 2.11 bits per heavy atom. The highest BCUT2D eigenvalue weighted by Gasteiger charge is 2.32. The van der Waals surface area contributed by atoms with Crippen molar-refractivity contribution in [3.05, 3.63) is 0 Å². The summed E-state index contributed by atoms with van der Waals surface area (Å²) in [4.78, 5) is 27.2. The number of rotatable bonds is 3. The first-order valence-electron chi connectivity index (χ1n) is 6.72. The van der Waals surface area contributed by atoms with Gasteiger partial charge in [0.2, 0.25) is 5.91 Å². The summed E-state index contributed by atoms with van der Waals surface area (Å²) in [5.74, 6) is 0.0434. The minimum absolute atomic E-state index is 0.0324. The SMILES string of the molecule is CC[C@H](N)C(=O)N1CCC(N2CCNC2=O)CC1. The molecule has 2 aliphatic rings. The molecule has 1 atom stereocenters. The van der Waals surface area contributed by atoms with Gasteiger partial charge in [-0.2, -0.15) is 0 Å². The van der Waals surface area contributed by atoms with Crippen LogP contribution in [0.25, 0.3) is 0 Å². The molecule has 0 aromatic carbocycles. The summed E-state index contributed by atoms with van der Waals surface area (Å²) < 4.78 is 0. The van der Waals surface area contributed by atoms with Crippen molar-refractivity contribution in [2.24, 2.45) is 5.73 Å². The molecule has 0 aliphatic carbocycles. The van der Waals surface area contributed by atoms with Gasteiger partial charge in [-0.3, -0.25) is 4.79 Å². The molecule has 18 heavy (non-hydrogen) atoms. The second-order valence-corrected chi connectivity index (χ2v) is 5.00. The Balaban J connectivity index is 1.84. The third-order valence-electron chi connectivity index (χ3n) is 3.86. The molecule has 6 nitrogen and oxygen atoms in total. The van der Waals surface area contributed by atoms with E-state index in [-0.39, 0.29) is 24.0 Å². The van der Waals surface area contributed by atoms with E-state index >= 15 is 0 Å². The molecule has 0 unspecified atom stereocenters. The molecule has 0 bridgehead atoms. The Hall–Kier alpha value is -1.30. The minimum Gasteiger partial charge on any atom is -0.341 e. The monoisotopic (exact) mass is 254 g/mol. The van der Waals surface area contributed by atoms with Crippen LogP contribution >= 0.6 is 0 Å². The number of amides is 3. The molecule has 0 aromatic rings. The van der Waals surface area contributed by atoms with Gasteiger partial charge >= 0.3 is 6.03 Å². The standard InChI is InChI=1S/C12H22N4O2/c1-2-10(13)11(17)15-6-3-9(4-7-15)16-8-5-14-12(16)18/h9-10H,2-8,13H2,1H3,(H,14,18)/t10-/m0/s1. The molecular weight excluding hydrogens is 232 g/mol. The van der Waals surface area contributed by atoms with E-state index in [1.807, 2.05) is 16.7 Å². The molecule has 2 rings (SSSR count). The van der Waals surface area contributed by atoms with Crippen LogP contribution in [0.4, 0.5) is 4.79 Å². The van der Waals surface area contributed by atoms with Crippen molar-refractivity contribution in [2.45, 2.75) is 38.3 Å². The molecule has 3 amide bonds. The van der Waals surface area contributed by atoms with Crippen LogP contribution in [0.3, 0.4) is 0 Å². The van der Waals surface area contributed by atoms with Gasteiger partial charge in [0, 0.05) is 32.2 Å². The molecule has 2 heterocycles. The molecular formula is C12H22N4O2. The summed E-state index contributed by atoms with van der Waals surface area (Å²) in [6.45, 7) is 4.86. The minimum atomic E-state index is -0.378. The first kappa shape index (κ1) is 13.1. The number of nitrogens with zero attached hydrogens (tertiary/aromatic N) is 2. The third kappa shape index (κ3) is 2.58. The van der Waals surface area contributed by atoms with Gasteiger partial charge in [-0.25, -0.2) is 4.79 Å². The summed E-state index contributed by atoms with van der Waals surface area (Å²) in [5, 5.41) is 2.81. The zero-order valence-electron chi connectivity index (χ0n) is 10.9. The van der Waals surface area contributed by atoms with Crippen molar-refractivity contribution >= 4 is 11.9 Å². The van der Waals surface area contributed by atoms with Crippen LogP contribution in [0.5, 0.6) is 0 Å². The van der Waals surface area contributed by atoms with E-state index in [9.17, 15) is 9.59 Å². The number of carbonyl (C=O) groups is 2. The van der Waals surface area contributed by atoms with E-state index in [1.54, 1.807) is 0 Å². The lowest BCUT2D eigenvalue weighted by Crippen LogP contribution is -2.51. The fourth-order valence-electron chi connectivity index (χ4n) is 2.64. The molecule has 102 valence electrons. The van der Waals surface area contributed by atoms with Gasteiger partial charge in [0.1, 0.15) is 0 Å². The Morgan fingerprint density at radius 1 is 1.44 bits per heavy atom. The summed E-state index contributed by atoms with van der Waals surface area (Å²) in [6, 6.07) is -0.0731. The van der Waals surface area contributed by atoms with E-state index in [1.165, 1.54) is 0 Å². The van der Waals surface area contributed by atoms with Crippen LogP contribution in [-0.4, -0.2) is 60.0 Å². The van der Waals surface area contributed by atoms with Crippen LogP contribution in [-0.2, 0) is 4.79 Å². The van der Waals surface area contributed by atoms with Crippen molar-refractivity contribution in [1.29, 1.82) is 0 Å². The van der Waals surface area contributed by atoms with Crippen LogP contribution in [0, 0.1) is 0 Å². The summed E-state index contributed by atoms with van der Waals surface area (Å²) in [5.41, 5.74) is 5.76. The summed E-state index contributed by atoms with van der Waals surface area (Å²) >= 11 is 0. The first-order valence-corrected chi connectivity index (χ1v) is 6.72. The highest BCUT2D eigenvalue weighted by molar-refractivity contribution is 5.81. The Kier molecular flexibility index (Phi) is 4.06. The van der Waals surface area contributed by atoms with E-state index in [0.717, 1.165) is 25.9 Å². The maximum Gasteiger partial charge on any atom is 0.317 e. The first-order chi connectivity index (χ1) is 8.63. The van der Waals surface area contributed by atoms with Crippen molar-refractivity contribution in [2.75, 3.05) is 26.2 Å². The van der Waals surface area contributed by atoms with Crippen molar-refractivity contribution in [3.8, 4) is 0 Å². The predicted octanol–water partition coefficient (Wildman–Crippen LogP) is -0.260. The normalized spacial score (nSPS) is 23.1. The van der Waals surface area contributed by atoms with Gasteiger partial charge in [-0.05, 0) is 19.3 Å². The maximum absolute atomic E-state index is 11.9. The van der Waals surface area contributed by atoms with Gasteiger partial charge < -0.3 is 20.9 Å². The van der Waals surface area contributed by atoms with Crippen molar-refractivity contribution in [3.63, 3.8) is 0 Å². The quantitative estimate of drug-likeness (QED) is 0.728. The summed E-state index contributed by atoms with van der Waals surface area (Å²) in [6.07, 6.45) is 2.39. The number of hydrogen-bond acceptors (Lipinski definition) is 3. The van der Waals surface area contributed by atoms with E-state index in [2.05, 4.69) is 5.32 Å². The predicted molar refractivity (Wildman–Crippen MR) is 68.0 cm³/mol. The number of likely N-dealkylation sites (tertiary alicyclic amines) is 1. The highest BCUT2D eigenvalue weighted by Crippen LogP contribution is 2.18. The van der Waals surface area contributed by atoms with Crippen molar-refractivity contribution in [1.82, 2.24) is 15.1 Å². The number of urea groups is 1. The zero-order chi connectivity index (χ0) is 13.1. The number of nitrogens with two attached hydrogens (primary N) is 1. The van der Waals surface area contributed by atoms with Crippen LogP contribution in [0.1, 0.15) is 26.2 Å². The number of hydrogen-bond donors (Lipinski definition) is 2. The average Bonchev–Trinajstić information content (AvgIpc) is 2.83. The Bertz CT molecular complexity index is 326. The smallest absolute Gasteiger partial charge is 0.317 e. The Labute approximate surface area is 107 Å². The molecule has 6 heteroatoms. The van der Waals surface area contributed by atoms with Crippen molar-refractivity contribution < 1.29 is 9.59 Å². The third-order valence-corrected chi connectivity index (χ3v) is 3.86. The molecule has 0 radical (unpaired) electrons. The van der Waals surface area contributed by atoms with Gasteiger partial charge in [-0.1, -0.05) is 6.92 Å². The van der Waals surface area contributed by atoms with Crippen LogP contribution in [0.2, 0.25) is 0 Å². The average molecular weight is 254 g/mol. The van der Waals surface area contributed by atoms with Gasteiger partial charge in [0.05, 0.1) is 6.04 Å². The van der Waals surface area contributed by atoms with Crippen LogP contribution < -0.4 is 11.1 Å². The molecule has 0 aromatic heterocycles. The molecule has 2 fully saturated rings. The zero-order valence-corrected chi connectivity index (χ0v) is 10.9. The molecule has 0 spiro atoms.